The molecule has 16 heavy (non-hydrogen) atoms. The molecular formula is C13H18O3. The van der Waals surface area contributed by atoms with Gasteiger partial charge in [0.1, 0.15) is 24.2 Å². The second-order valence-electron chi connectivity index (χ2n) is 4.07. The van der Waals surface area contributed by atoms with Crippen LogP contribution in [0.2, 0.25) is 0 Å². The molecule has 0 aliphatic carbocycles. The van der Waals surface area contributed by atoms with Crippen LogP contribution in [0, 0.1) is 0 Å². The van der Waals surface area contributed by atoms with Gasteiger partial charge in [0.15, 0.2) is 0 Å². The summed E-state index contributed by atoms with van der Waals surface area (Å²) in [6.45, 7) is 5.55. The predicted molar refractivity (Wildman–Crippen MR) is 62.1 cm³/mol. The molecule has 1 unspecified atom stereocenters. The van der Waals surface area contributed by atoms with Gasteiger partial charge in [0.05, 0.1) is 6.61 Å². The maximum atomic E-state index is 9.59. The number of rotatable bonds is 5. The van der Waals surface area contributed by atoms with Crippen molar-refractivity contribution in [1.82, 2.24) is 0 Å². The monoisotopic (exact) mass is 222 g/mol. The van der Waals surface area contributed by atoms with Gasteiger partial charge in [0, 0.05) is 0 Å². The quantitative estimate of drug-likeness (QED) is 0.777. The summed E-state index contributed by atoms with van der Waals surface area (Å²) >= 11 is 0. The molecular weight excluding hydrogens is 204 g/mol. The molecule has 1 aliphatic heterocycles. The van der Waals surface area contributed by atoms with E-state index in [-0.39, 0.29) is 6.10 Å². The fourth-order valence-electron chi connectivity index (χ4n) is 1.79. The summed E-state index contributed by atoms with van der Waals surface area (Å²) in [5.74, 6) is 1.25. The summed E-state index contributed by atoms with van der Waals surface area (Å²) in [7, 11) is 0. The molecule has 1 saturated heterocycles. The zero-order valence-electron chi connectivity index (χ0n) is 9.82. The van der Waals surface area contributed by atoms with Crippen LogP contribution in [0.5, 0.6) is 11.5 Å². The molecule has 1 aromatic rings. The van der Waals surface area contributed by atoms with E-state index in [4.69, 9.17) is 9.47 Å². The number of aromatic hydroxyl groups is 1. The molecule has 3 nitrogen and oxygen atoms in total. The largest absolute Gasteiger partial charge is 0.508 e. The Labute approximate surface area is 96.0 Å². The first-order chi connectivity index (χ1) is 7.74. The predicted octanol–water partition coefficient (Wildman–Crippen LogP) is 2.29. The van der Waals surface area contributed by atoms with E-state index in [2.05, 4.69) is 13.8 Å². The number of ether oxygens (including phenoxy) is 2. The van der Waals surface area contributed by atoms with Gasteiger partial charge in [-0.3, -0.25) is 0 Å². The van der Waals surface area contributed by atoms with Crippen molar-refractivity contribution in [3.63, 3.8) is 0 Å². The highest BCUT2D eigenvalue weighted by Gasteiger charge is 2.24. The number of phenolic OH excluding ortho intramolecular Hbond substituents is 1. The maximum Gasteiger partial charge on any atom is 0.126 e. The van der Waals surface area contributed by atoms with Crippen molar-refractivity contribution in [3.05, 3.63) is 23.3 Å². The number of benzene rings is 1. The van der Waals surface area contributed by atoms with Gasteiger partial charge in [-0.1, -0.05) is 13.8 Å². The van der Waals surface area contributed by atoms with E-state index in [1.54, 1.807) is 12.1 Å². The van der Waals surface area contributed by atoms with Gasteiger partial charge in [0.2, 0.25) is 0 Å². The highest BCUT2D eigenvalue weighted by molar-refractivity contribution is 5.47. The summed E-state index contributed by atoms with van der Waals surface area (Å²) in [6, 6.07) is 3.56. The normalized spacial score (nSPS) is 18.5. The van der Waals surface area contributed by atoms with Gasteiger partial charge in [-0.05, 0) is 36.1 Å². The van der Waals surface area contributed by atoms with E-state index in [1.807, 2.05) is 0 Å². The minimum atomic E-state index is 0.267. The van der Waals surface area contributed by atoms with Crippen LogP contribution >= 0.6 is 0 Å². The Bertz CT molecular complexity index is 344. The molecule has 1 atom stereocenters. The van der Waals surface area contributed by atoms with Crippen LogP contribution in [0.15, 0.2) is 12.1 Å². The van der Waals surface area contributed by atoms with Gasteiger partial charge in [-0.15, -0.1) is 0 Å². The second-order valence-corrected chi connectivity index (χ2v) is 4.07. The molecule has 0 bridgehead atoms. The summed E-state index contributed by atoms with van der Waals surface area (Å²) in [5.41, 5.74) is 2.13. The van der Waals surface area contributed by atoms with E-state index in [1.165, 1.54) is 0 Å². The highest BCUT2D eigenvalue weighted by Crippen LogP contribution is 2.30. The Kier molecular flexibility index (Phi) is 3.34. The van der Waals surface area contributed by atoms with Gasteiger partial charge >= 0.3 is 0 Å². The molecule has 0 spiro atoms. The van der Waals surface area contributed by atoms with E-state index >= 15 is 0 Å². The molecule has 1 fully saturated rings. The van der Waals surface area contributed by atoms with Crippen molar-refractivity contribution in [2.75, 3.05) is 13.2 Å². The first-order valence-corrected chi connectivity index (χ1v) is 5.83. The van der Waals surface area contributed by atoms with E-state index in [0.29, 0.717) is 12.4 Å². The Balaban J connectivity index is 2.22. The third kappa shape index (κ3) is 2.47. The molecule has 0 saturated carbocycles. The zero-order valence-corrected chi connectivity index (χ0v) is 9.82. The van der Waals surface area contributed by atoms with Crippen molar-refractivity contribution < 1.29 is 14.6 Å². The third-order valence-corrected chi connectivity index (χ3v) is 2.81. The van der Waals surface area contributed by atoms with Crippen molar-refractivity contribution in [2.45, 2.75) is 32.8 Å². The van der Waals surface area contributed by atoms with Gasteiger partial charge < -0.3 is 14.6 Å². The van der Waals surface area contributed by atoms with Crippen LogP contribution < -0.4 is 4.74 Å². The molecule has 0 aromatic heterocycles. The summed E-state index contributed by atoms with van der Waals surface area (Å²) in [4.78, 5) is 0. The Morgan fingerprint density at radius 3 is 2.31 bits per heavy atom. The number of hydrogen-bond acceptors (Lipinski definition) is 3. The minimum absolute atomic E-state index is 0.267. The number of aryl methyl sites for hydroxylation is 2. The van der Waals surface area contributed by atoms with E-state index in [9.17, 15) is 5.11 Å². The standard InChI is InChI=1S/C13H18O3/c1-3-9-5-11(14)6-10(4-2)13(9)16-8-12-7-15-12/h5-6,12,14H,3-4,7-8H2,1-2H3. The Morgan fingerprint density at radius 2 is 1.88 bits per heavy atom. The number of phenols is 1. The molecule has 1 heterocycles. The number of epoxide rings is 1. The smallest absolute Gasteiger partial charge is 0.126 e. The fourth-order valence-corrected chi connectivity index (χ4v) is 1.79. The summed E-state index contributed by atoms with van der Waals surface area (Å²) in [5, 5.41) is 9.59. The summed E-state index contributed by atoms with van der Waals surface area (Å²) in [6.07, 6.45) is 1.99. The first kappa shape index (κ1) is 11.3. The Morgan fingerprint density at radius 1 is 1.31 bits per heavy atom. The topological polar surface area (TPSA) is 42.0 Å². The van der Waals surface area contributed by atoms with E-state index in [0.717, 1.165) is 36.3 Å². The van der Waals surface area contributed by atoms with Gasteiger partial charge in [-0.25, -0.2) is 0 Å². The van der Waals surface area contributed by atoms with Gasteiger partial charge in [0.25, 0.3) is 0 Å². The third-order valence-electron chi connectivity index (χ3n) is 2.81. The molecule has 0 radical (unpaired) electrons. The molecule has 0 amide bonds. The average molecular weight is 222 g/mol. The van der Waals surface area contributed by atoms with E-state index < -0.39 is 0 Å². The van der Waals surface area contributed by atoms with Crippen LogP contribution in [0.4, 0.5) is 0 Å². The van der Waals surface area contributed by atoms with Crippen LogP contribution in [0.3, 0.4) is 0 Å². The lowest BCUT2D eigenvalue weighted by Gasteiger charge is -2.14. The fraction of sp³-hybridized carbons (Fsp3) is 0.538. The molecule has 88 valence electrons. The lowest BCUT2D eigenvalue weighted by molar-refractivity contribution is 0.259. The first-order valence-electron chi connectivity index (χ1n) is 5.83. The number of hydrogen-bond donors (Lipinski definition) is 1. The van der Waals surface area contributed by atoms with Gasteiger partial charge in [-0.2, -0.15) is 0 Å². The minimum Gasteiger partial charge on any atom is -0.508 e. The SMILES string of the molecule is CCc1cc(O)cc(CC)c1OCC1CO1. The van der Waals surface area contributed by atoms with Crippen LogP contribution in [-0.2, 0) is 17.6 Å². The Hall–Kier alpha value is -1.22. The molecule has 2 rings (SSSR count). The van der Waals surface area contributed by atoms with Crippen LogP contribution in [0.1, 0.15) is 25.0 Å². The summed E-state index contributed by atoms with van der Waals surface area (Å²) < 4.78 is 10.9. The molecule has 3 heteroatoms. The van der Waals surface area contributed by atoms with Crippen LogP contribution in [0.25, 0.3) is 0 Å². The van der Waals surface area contributed by atoms with Crippen molar-refractivity contribution in [2.24, 2.45) is 0 Å². The molecule has 1 aliphatic rings. The maximum absolute atomic E-state index is 9.59. The van der Waals surface area contributed by atoms with Crippen molar-refractivity contribution in [1.29, 1.82) is 0 Å². The van der Waals surface area contributed by atoms with Crippen molar-refractivity contribution in [3.8, 4) is 11.5 Å². The van der Waals surface area contributed by atoms with Crippen LogP contribution in [-0.4, -0.2) is 24.4 Å². The average Bonchev–Trinajstić information content (AvgIpc) is 3.10. The zero-order chi connectivity index (χ0) is 11.5. The molecule has 1 N–H and O–H groups in total. The second kappa shape index (κ2) is 4.74. The lowest BCUT2D eigenvalue weighted by atomic mass is 10.0. The molecule has 1 aromatic carbocycles. The highest BCUT2D eigenvalue weighted by atomic mass is 16.6. The van der Waals surface area contributed by atoms with Crippen molar-refractivity contribution >= 4 is 0 Å². The lowest BCUT2D eigenvalue weighted by Crippen LogP contribution is -2.07.